The molecule has 1 heterocycles. The maximum atomic E-state index is 5.48. The summed E-state index contributed by atoms with van der Waals surface area (Å²) in [5, 5.41) is 3.73. The van der Waals surface area contributed by atoms with E-state index in [1.807, 2.05) is 6.07 Å². The van der Waals surface area contributed by atoms with Gasteiger partial charge in [-0.05, 0) is 58.0 Å². The second-order valence-corrected chi connectivity index (χ2v) is 7.59. The van der Waals surface area contributed by atoms with Crippen LogP contribution in [0.15, 0.2) is 21.2 Å². The number of furan rings is 1. The molecule has 0 amide bonds. The second-order valence-electron chi connectivity index (χ2n) is 6.74. The maximum absolute atomic E-state index is 5.48. The summed E-state index contributed by atoms with van der Waals surface area (Å²) in [7, 11) is 0. The highest BCUT2D eigenvalue weighted by molar-refractivity contribution is 9.10. The van der Waals surface area contributed by atoms with Crippen molar-refractivity contribution >= 4 is 15.9 Å². The van der Waals surface area contributed by atoms with Crippen LogP contribution in [0.25, 0.3) is 0 Å². The van der Waals surface area contributed by atoms with Crippen LogP contribution in [0.5, 0.6) is 0 Å². The Morgan fingerprint density at radius 2 is 2.22 bits per heavy atom. The van der Waals surface area contributed by atoms with Crippen molar-refractivity contribution in [2.45, 2.75) is 52.6 Å². The molecule has 0 saturated heterocycles. The molecule has 0 aliphatic heterocycles. The Bertz CT molecular complexity index is 453. The summed E-state index contributed by atoms with van der Waals surface area (Å²) >= 11 is 3.52. The van der Waals surface area contributed by atoms with Crippen molar-refractivity contribution < 1.29 is 4.42 Å². The first-order valence-corrected chi connectivity index (χ1v) is 7.70. The topological polar surface area (TPSA) is 25.2 Å². The fraction of sp³-hybridized carbons (Fsp3) is 0.733. The van der Waals surface area contributed by atoms with Crippen LogP contribution in [-0.2, 0) is 6.54 Å². The largest absolute Gasteiger partial charge is 0.467 e. The monoisotopic (exact) mass is 311 g/mol. The smallest absolute Gasteiger partial charge is 0.131 e. The van der Waals surface area contributed by atoms with Crippen molar-refractivity contribution in [1.82, 2.24) is 5.32 Å². The van der Waals surface area contributed by atoms with Gasteiger partial charge in [-0.15, -0.1) is 0 Å². The van der Waals surface area contributed by atoms with Crippen molar-refractivity contribution in [2.75, 3.05) is 0 Å². The summed E-state index contributed by atoms with van der Waals surface area (Å²) < 4.78 is 6.55. The third-order valence-electron chi connectivity index (χ3n) is 5.99. The average Bonchev–Trinajstić information content (AvgIpc) is 2.87. The van der Waals surface area contributed by atoms with Gasteiger partial charge in [0.2, 0.25) is 0 Å². The van der Waals surface area contributed by atoms with E-state index in [1.54, 1.807) is 6.26 Å². The molecule has 1 aromatic rings. The van der Waals surface area contributed by atoms with Gasteiger partial charge < -0.3 is 9.73 Å². The molecule has 2 nitrogen and oxygen atoms in total. The quantitative estimate of drug-likeness (QED) is 0.898. The second kappa shape index (κ2) is 4.11. The van der Waals surface area contributed by atoms with E-state index < -0.39 is 0 Å². The summed E-state index contributed by atoms with van der Waals surface area (Å²) in [4.78, 5) is 0. The molecule has 3 heteroatoms. The molecular formula is C15H22BrNO. The lowest BCUT2D eigenvalue weighted by molar-refractivity contribution is 0.119. The number of hydrogen-bond donors (Lipinski definition) is 1. The molecule has 3 unspecified atom stereocenters. The molecule has 2 aliphatic rings. The Hall–Kier alpha value is -0.280. The fourth-order valence-corrected chi connectivity index (χ4v) is 4.52. The van der Waals surface area contributed by atoms with E-state index in [0.717, 1.165) is 22.7 Å². The zero-order valence-corrected chi connectivity index (χ0v) is 13.0. The third kappa shape index (κ3) is 1.63. The van der Waals surface area contributed by atoms with Crippen LogP contribution >= 0.6 is 15.9 Å². The molecule has 2 fully saturated rings. The molecule has 3 atom stereocenters. The minimum absolute atomic E-state index is 0.441. The van der Waals surface area contributed by atoms with Gasteiger partial charge in [0, 0.05) is 6.04 Å². The molecule has 1 aromatic heterocycles. The van der Waals surface area contributed by atoms with Gasteiger partial charge in [-0.2, -0.15) is 0 Å². The molecule has 0 aromatic carbocycles. The first kappa shape index (κ1) is 12.7. The number of hydrogen-bond acceptors (Lipinski definition) is 2. The normalized spacial score (nSPS) is 37.3. The van der Waals surface area contributed by atoms with E-state index in [4.69, 9.17) is 4.42 Å². The minimum Gasteiger partial charge on any atom is -0.467 e. The van der Waals surface area contributed by atoms with Gasteiger partial charge in [0.25, 0.3) is 0 Å². The number of nitrogens with one attached hydrogen (secondary N) is 1. The standard InChI is InChI=1S/C15H22BrNO/c1-14(2)10-4-6-15(14,3)13(8-10)17-9-12-11(16)5-7-18-12/h5,7,10,13,17H,4,6,8-9H2,1-3H3. The minimum atomic E-state index is 0.441. The van der Waals surface area contributed by atoms with E-state index in [-0.39, 0.29) is 0 Å². The van der Waals surface area contributed by atoms with Crippen LogP contribution in [0, 0.1) is 16.7 Å². The van der Waals surface area contributed by atoms with E-state index in [1.165, 1.54) is 19.3 Å². The Balaban J connectivity index is 1.71. The molecule has 2 saturated carbocycles. The number of halogens is 1. The lowest BCUT2D eigenvalue weighted by Crippen LogP contribution is -2.44. The van der Waals surface area contributed by atoms with E-state index in [9.17, 15) is 0 Å². The summed E-state index contributed by atoms with van der Waals surface area (Å²) in [5.41, 5.74) is 0.918. The summed E-state index contributed by atoms with van der Waals surface area (Å²) in [6.07, 6.45) is 5.84. The third-order valence-corrected chi connectivity index (χ3v) is 6.70. The van der Waals surface area contributed by atoms with Gasteiger partial charge in [-0.25, -0.2) is 0 Å². The molecule has 2 aliphatic carbocycles. The van der Waals surface area contributed by atoms with Gasteiger partial charge in [0.15, 0.2) is 0 Å². The van der Waals surface area contributed by atoms with E-state index in [0.29, 0.717) is 16.9 Å². The van der Waals surface area contributed by atoms with Crippen LogP contribution < -0.4 is 5.32 Å². The molecule has 0 spiro atoms. The summed E-state index contributed by atoms with van der Waals surface area (Å²) in [5.74, 6) is 1.90. The van der Waals surface area contributed by atoms with E-state index in [2.05, 4.69) is 42.0 Å². The summed E-state index contributed by atoms with van der Waals surface area (Å²) in [6, 6.07) is 2.59. The fourth-order valence-electron chi connectivity index (χ4n) is 4.18. The highest BCUT2D eigenvalue weighted by Crippen LogP contribution is 2.65. The van der Waals surface area contributed by atoms with Crippen molar-refractivity contribution in [3.05, 3.63) is 22.6 Å². The van der Waals surface area contributed by atoms with Gasteiger partial charge in [-0.3, -0.25) is 0 Å². The van der Waals surface area contributed by atoms with Crippen LogP contribution in [0.3, 0.4) is 0 Å². The SMILES string of the molecule is CC1(C)C2CCC1(C)C(NCc1occc1Br)C2. The van der Waals surface area contributed by atoms with Gasteiger partial charge in [0.1, 0.15) is 5.76 Å². The van der Waals surface area contributed by atoms with Gasteiger partial charge in [-0.1, -0.05) is 20.8 Å². The van der Waals surface area contributed by atoms with Crippen LogP contribution in [0.1, 0.15) is 45.8 Å². The first-order chi connectivity index (χ1) is 8.45. The molecule has 100 valence electrons. The van der Waals surface area contributed by atoms with Crippen molar-refractivity contribution in [3.63, 3.8) is 0 Å². The lowest BCUT2D eigenvalue weighted by atomic mass is 9.69. The first-order valence-electron chi connectivity index (χ1n) is 6.90. The molecule has 0 radical (unpaired) electrons. The zero-order valence-electron chi connectivity index (χ0n) is 11.4. The van der Waals surface area contributed by atoms with Crippen molar-refractivity contribution in [1.29, 1.82) is 0 Å². The van der Waals surface area contributed by atoms with Crippen molar-refractivity contribution in [2.24, 2.45) is 16.7 Å². The highest BCUT2D eigenvalue weighted by Gasteiger charge is 2.60. The van der Waals surface area contributed by atoms with Crippen LogP contribution in [-0.4, -0.2) is 6.04 Å². The zero-order chi connectivity index (χ0) is 13.0. The van der Waals surface area contributed by atoms with Crippen molar-refractivity contribution in [3.8, 4) is 0 Å². The summed E-state index contributed by atoms with van der Waals surface area (Å²) in [6.45, 7) is 8.20. The predicted molar refractivity (Wildman–Crippen MR) is 76.3 cm³/mol. The van der Waals surface area contributed by atoms with Crippen LogP contribution in [0.2, 0.25) is 0 Å². The molecule has 3 rings (SSSR count). The van der Waals surface area contributed by atoms with Gasteiger partial charge in [0.05, 0.1) is 17.3 Å². The lowest BCUT2D eigenvalue weighted by Gasteiger charge is -2.39. The molecule has 18 heavy (non-hydrogen) atoms. The molecule has 1 N–H and O–H groups in total. The molecule has 2 bridgehead atoms. The number of fused-ring (bicyclic) bond motifs is 2. The molecular weight excluding hydrogens is 290 g/mol. The Kier molecular flexibility index (Phi) is 2.91. The Morgan fingerprint density at radius 1 is 1.44 bits per heavy atom. The number of rotatable bonds is 3. The highest BCUT2D eigenvalue weighted by atomic mass is 79.9. The Labute approximate surface area is 118 Å². The van der Waals surface area contributed by atoms with Crippen LogP contribution in [0.4, 0.5) is 0 Å². The van der Waals surface area contributed by atoms with E-state index >= 15 is 0 Å². The maximum Gasteiger partial charge on any atom is 0.131 e. The Morgan fingerprint density at radius 3 is 2.72 bits per heavy atom. The van der Waals surface area contributed by atoms with Gasteiger partial charge >= 0.3 is 0 Å². The predicted octanol–water partition coefficient (Wildman–Crippen LogP) is 4.35. The average molecular weight is 312 g/mol.